The van der Waals surface area contributed by atoms with E-state index in [4.69, 9.17) is 0 Å². The fraction of sp³-hybridized carbons (Fsp3) is 0.0769. The topological polar surface area (TPSA) is 6.48 Å². The van der Waals surface area contributed by atoms with Crippen LogP contribution in [0.5, 0.6) is 0 Å². The zero-order chi connectivity index (χ0) is 45.1. The Morgan fingerprint density at radius 3 is 1.53 bits per heavy atom. The van der Waals surface area contributed by atoms with E-state index in [0.717, 1.165) is 34.1 Å². The van der Waals surface area contributed by atoms with Gasteiger partial charge in [0.15, 0.2) is 0 Å². The summed E-state index contributed by atoms with van der Waals surface area (Å²) in [4.78, 5) is 4.97. The molecule has 3 aliphatic carbocycles. The molecule has 0 N–H and O–H groups in total. The number of fused-ring (bicyclic) bond motifs is 14. The summed E-state index contributed by atoms with van der Waals surface area (Å²) in [5.41, 5.74) is 21.0. The van der Waals surface area contributed by atoms with Crippen molar-refractivity contribution in [1.82, 2.24) is 0 Å². The lowest BCUT2D eigenvalue weighted by Crippen LogP contribution is -2.40. The van der Waals surface area contributed by atoms with Gasteiger partial charge in [0.25, 0.3) is 0 Å². The first-order chi connectivity index (χ1) is 33.5. The van der Waals surface area contributed by atoms with Crippen LogP contribution in [0.3, 0.4) is 0 Å². The number of hydrogen-bond acceptors (Lipinski definition) is 3. The van der Waals surface area contributed by atoms with Crippen LogP contribution in [-0.4, -0.2) is 0 Å². The van der Waals surface area contributed by atoms with Crippen molar-refractivity contribution in [1.29, 1.82) is 0 Å². The van der Waals surface area contributed by atoms with Crippen LogP contribution in [0, 0.1) is 0 Å². The molecular weight excluding hydrogens is 841 g/mol. The van der Waals surface area contributed by atoms with Gasteiger partial charge in [-0.3, -0.25) is 0 Å². The maximum atomic E-state index is 2.57. The smallest absolute Gasteiger partial charge is 0.0719 e. The van der Waals surface area contributed by atoms with Crippen molar-refractivity contribution in [2.24, 2.45) is 0 Å². The van der Waals surface area contributed by atoms with Gasteiger partial charge in [-0.15, -0.1) is 11.3 Å². The molecule has 14 rings (SSSR count). The maximum Gasteiger partial charge on any atom is 0.0719 e. The van der Waals surface area contributed by atoms with Crippen LogP contribution in [0.2, 0.25) is 0 Å². The third kappa shape index (κ3) is 5.39. The van der Waals surface area contributed by atoms with Crippen molar-refractivity contribution >= 4 is 65.6 Å². The third-order valence-corrected chi connectivity index (χ3v) is 16.5. The molecule has 68 heavy (non-hydrogen) atoms. The third-order valence-electron chi connectivity index (χ3n) is 15.4. The van der Waals surface area contributed by atoms with E-state index in [2.05, 4.69) is 260 Å². The lowest BCUT2D eigenvalue weighted by molar-refractivity contribution is 0.575. The SMILES string of the molecule is CC1(C)c2ccccc2C2c3cc(N(c4ccccc4)c4cc5sc6ccccc6c5cc4N(c4ccccc4)c4ccccc4)ccc3C3(c4ccccc4-c4ccccc43)c3cccc1c32. The van der Waals surface area contributed by atoms with Gasteiger partial charge in [0.05, 0.1) is 16.8 Å². The molecule has 3 heteroatoms. The van der Waals surface area contributed by atoms with E-state index in [-0.39, 0.29) is 11.3 Å². The summed E-state index contributed by atoms with van der Waals surface area (Å²) >= 11 is 1.87. The van der Waals surface area contributed by atoms with Crippen molar-refractivity contribution in [2.75, 3.05) is 9.80 Å². The predicted octanol–water partition coefficient (Wildman–Crippen LogP) is 17.5. The molecule has 0 saturated heterocycles. The molecule has 1 unspecified atom stereocenters. The fourth-order valence-corrected chi connectivity index (χ4v) is 13.7. The van der Waals surface area contributed by atoms with Crippen molar-refractivity contribution in [3.8, 4) is 11.1 Å². The number of nitrogens with zero attached hydrogens (tertiary/aromatic N) is 2. The molecule has 0 saturated carbocycles. The largest absolute Gasteiger partial charge is 0.308 e. The second-order valence-electron chi connectivity index (χ2n) is 19.1. The standard InChI is InChI=1S/C65H46N2S/c1-64(2)52-31-16-14-30-49(52)62-51-39-45(37-38-55(51)65(57-35-20-34-56(64)63(57)62)53-32-17-12-27-46(53)47-28-13-18-33-54(47)65)67(44-25-10-5-11-26-44)59-41-61-50(48-29-15-19-36-60(48)68-61)40-58(59)66(42-21-6-3-7-22-42)43-23-8-4-9-24-43/h3-41,62H,1-2H3. The Hall–Kier alpha value is -7.98. The molecule has 1 heterocycles. The van der Waals surface area contributed by atoms with Gasteiger partial charge < -0.3 is 9.80 Å². The first-order valence-corrected chi connectivity index (χ1v) is 24.6. The Balaban J connectivity index is 1.10. The Kier molecular flexibility index (Phi) is 8.51. The van der Waals surface area contributed by atoms with Gasteiger partial charge in [-0.25, -0.2) is 0 Å². The first kappa shape index (κ1) is 39.2. The van der Waals surface area contributed by atoms with E-state index in [0.29, 0.717) is 0 Å². The minimum Gasteiger partial charge on any atom is -0.308 e. The second kappa shape index (κ2) is 14.8. The van der Waals surface area contributed by atoms with Gasteiger partial charge in [-0.2, -0.15) is 0 Å². The minimum atomic E-state index is -0.513. The molecule has 0 fully saturated rings. The molecular formula is C65H46N2S. The van der Waals surface area contributed by atoms with Crippen molar-refractivity contribution < 1.29 is 0 Å². The van der Waals surface area contributed by atoms with Crippen molar-refractivity contribution in [3.05, 3.63) is 287 Å². The van der Waals surface area contributed by atoms with Gasteiger partial charge in [0, 0.05) is 54.3 Å². The average molecular weight is 887 g/mol. The first-order valence-electron chi connectivity index (χ1n) is 23.8. The summed E-state index contributed by atoms with van der Waals surface area (Å²) in [6.45, 7) is 4.86. The number of anilines is 6. The normalized spacial score (nSPS) is 15.3. The summed E-state index contributed by atoms with van der Waals surface area (Å²) < 4.78 is 2.54. The summed E-state index contributed by atoms with van der Waals surface area (Å²) in [5.74, 6) is 0.0261. The number of benzene rings is 10. The second-order valence-corrected chi connectivity index (χ2v) is 20.2. The Morgan fingerprint density at radius 2 is 0.868 bits per heavy atom. The molecule has 1 spiro atoms. The summed E-state index contributed by atoms with van der Waals surface area (Å²) in [5, 5.41) is 2.53. The van der Waals surface area contributed by atoms with Crippen LogP contribution in [-0.2, 0) is 10.8 Å². The molecule has 0 bridgehead atoms. The zero-order valence-corrected chi connectivity index (χ0v) is 38.7. The van der Waals surface area contributed by atoms with E-state index in [9.17, 15) is 0 Å². The Labute approximate surface area is 401 Å². The number of hydrogen-bond donors (Lipinski definition) is 0. The van der Waals surface area contributed by atoms with E-state index in [1.807, 2.05) is 11.3 Å². The Morgan fingerprint density at radius 1 is 0.353 bits per heavy atom. The van der Waals surface area contributed by atoms with Crippen molar-refractivity contribution in [2.45, 2.75) is 30.6 Å². The highest BCUT2D eigenvalue weighted by Gasteiger charge is 2.54. The zero-order valence-electron chi connectivity index (χ0n) is 37.9. The molecule has 10 aromatic carbocycles. The highest BCUT2D eigenvalue weighted by Crippen LogP contribution is 2.65. The van der Waals surface area contributed by atoms with Gasteiger partial charge >= 0.3 is 0 Å². The van der Waals surface area contributed by atoms with E-state index in [1.165, 1.54) is 81.4 Å². The van der Waals surface area contributed by atoms with Crippen LogP contribution in [0.4, 0.5) is 34.1 Å². The number of thiophene rings is 1. The molecule has 11 aromatic rings. The summed E-state index contributed by atoms with van der Waals surface area (Å²) in [6.07, 6.45) is 0. The lowest BCUT2D eigenvalue weighted by Gasteiger charge is -2.49. The summed E-state index contributed by atoms with van der Waals surface area (Å²) in [7, 11) is 0. The van der Waals surface area contributed by atoms with E-state index < -0.39 is 5.41 Å². The molecule has 0 radical (unpaired) electrons. The molecule has 3 aliphatic rings. The van der Waals surface area contributed by atoms with Gasteiger partial charge in [-0.05, 0) is 128 Å². The average Bonchev–Trinajstić information content (AvgIpc) is 3.90. The van der Waals surface area contributed by atoms with Gasteiger partial charge in [0.1, 0.15) is 0 Å². The number of rotatable bonds is 6. The van der Waals surface area contributed by atoms with Crippen LogP contribution < -0.4 is 9.80 Å². The molecule has 322 valence electrons. The minimum absolute atomic E-state index is 0.0261. The monoisotopic (exact) mass is 886 g/mol. The molecule has 1 atom stereocenters. The summed E-state index contributed by atoms with van der Waals surface area (Å²) in [6, 6.07) is 88.8. The highest BCUT2D eigenvalue weighted by atomic mass is 32.1. The van der Waals surface area contributed by atoms with Crippen LogP contribution in [0.25, 0.3) is 31.3 Å². The Bertz CT molecular complexity index is 3710. The van der Waals surface area contributed by atoms with E-state index >= 15 is 0 Å². The molecule has 0 amide bonds. The fourth-order valence-electron chi connectivity index (χ4n) is 12.6. The quantitative estimate of drug-likeness (QED) is 0.164. The van der Waals surface area contributed by atoms with Crippen LogP contribution in [0.15, 0.2) is 237 Å². The van der Waals surface area contributed by atoms with Gasteiger partial charge in [-0.1, -0.05) is 184 Å². The van der Waals surface area contributed by atoms with Crippen LogP contribution >= 0.6 is 11.3 Å². The highest BCUT2D eigenvalue weighted by molar-refractivity contribution is 7.25. The van der Waals surface area contributed by atoms with Crippen LogP contribution in [0.1, 0.15) is 69.8 Å². The number of para-hydroxylation sites is 3. The maximum absolute atomic E-state index is 2.57. The van der Waals surface area contributed by atoms with Crippen molar-refractivity contribution in [3.63, 3.8) is 0 Å². The lowest BCUT2D eigenvalue weighted by atomic mass is 9.53. The predicted molar refractivity (Wildman–Crippen MR) is 286 cm³/mol. The molecule has 2 nitrogen and oxygen atoms in total. The molecule has 1 aromatic heterocycles. The molecule has 0 aliphatic heterocycles. The van der Waals surface area contributed by atoms with Gasteiger partial charge in [0.2, 0.25) is 0 Å². The van der Waals surface area contributed by atoms with E-state index in [1.54, 1.807) is 0 Å².